The van der Waals surface area contributed by atoms with Crippen LogP contribution >= 0.6 is 0 Å². The Hall–Kier alpha value is -2.31. The Balaban J connectivity index is 2.58. The quantitative estimate of drug-likeness (QED) is 0.681. The van der Waals surface area contributed by atoms with Crippen molar-refractivity contribution < 1.29 is 27.5 Å². The maximum Gasteiger partial charge on any atom is 0.416 e. The molecule has 0 bridgehead atoms. The number of hydrogen-bond acceptors (Lipinski definition) is 3. The van der Waals surface area contributed by atoms with Gasteiger partial charge in [-0.3, -0.25) is 4.79 Å². The second kappa shape index (κ2) is 6.74. The summed E-state index contributed by atoms with van der Waals surface area (Å²) in [6, 6.07) is 4.28. The Bertz CT molecular complexity index is 507. The number of carbonyl (C=O) groups is 2. The lowest BCUT2D eigenvalue weighted by Crippen LogP contribution is -2.24. The number of esters is 1. The molecule has 1 aromatic carbocycles. The smallest absolute Gasteiger partial charge is 0.416 e. The lowest BCUT2D eigenvalue weighted by molar-refractivity contribution is -0.143. The third-order valence-corrected chi connectivity index (χ3v) is 2.27. The zero-order chi connectivity index (χ0) is 15.2. The van der Waals surface area contributed by atoms with Gasteiger partial charge in [-0.15, -0.1) is 0 Å². The number of alkyl halides is 3. The van der Waals surface area contributed by atoms with E-state index in [-0.39, 0.29) is 0 Å². The summed E-state index contributed by atoms with van der Waals surface area (Å²) in [5.74, 6) is -1.21. The highest BCUT2D eigenvalue weighted by molar-refractivity contribution is 5.89. The van der Waals surface area contributed by atoms with Gasteiger partial charge in [0.1, 0.15) is 0 Å². The van der Waals surface area contributed by atoms with Crippen molar-refractivity contribution in [3.05, 3.63) is 41.5 Å². The molecule has 0 saturated heterocycles. The fourth-order valence-corrected chi connectivity index (χ4v) is 1.20. The summed E-state index contributed by atoms with van der Waals surface area (Å²) < 4.78 is 41.5. The lowest BCUT2D eigenvalue weighted by Gasteiger charge is -2.05. The van der Waals surface area contributed by atoms with Crippen LogP contribution < -0.4 is 5.32 Å². The number of halogens is 3. The van der Waals surface area contributed by atoms with E-state index in [0.717, 1.165) is 18.2 Å². The summed E-state index contributed by atoms with van der Waals surface area (Å²) in [5, 5.41) is 2.27. The summed E-state index contributed by atoms with van der Waals surface area (Å²) in [6.07, 6.45) is -2.06. The standard InChI is InChI=1S/C13H12F3NO3/c1-17-11(18)8-20-12(19)7-4-9-2-5-10(6-3-9)13(14,15)16/h2-7H,8H2,1H3,(H,17,18)/b7-4+. The van der Waals surface area contributed by atoms with Crippen molar-refractivity contribution in [1.29, 1.82) is 0 Å². The largest absolute Gasteiger partial charge is 0.452 e. The topological polar surface area (TPSA) is 55.4 Å². The number of nitrogens with one attached hydrogen (secondary N) is 1. The minimum Gasteiger partial charge on any atom is -0.452 e. The predicted octanol–water partition coefficient (Wildman–Crippen LogP) is 2.01. The van der Waals surface area contributed by atoms with Crippen molar-refractivity contribution in [2.24, 2.45) is 0 Å². The summed E-state index contributed by atoms with van der Waals surface area (Å²) in [7, 11) is 1.40. The van der Waals surface area contributed by atoms with Crippen LogP contribution in [-0.4, -0.2) is 25.5 Å². The molecule has 1 aromatic rings. The minimum atomic E-state index is -4.39. The molecular formula is C13H12F3NO3. The number of likely N-dealkylation sites (N-methyl/N-ethyl adjacent to an activating group) is 1. The second-order valence-electron chi connectivity index (χ2n) is 3.73. The molecule has 0 radical (unpaired) electrons. The van der Waals surface area contributed by atoms with Crippen molar-refractivity contribution in [3.63, 3.8) is 0 Å². The van der Waals surface area contributed by atoms with Gasteiger partial charge in [-0.05, 0) is 23.8 Å². The molecule has 0 fully saturated rings. The molecule has 1 amide bonds. The Morgan fingerprint density at radius 2 is 1.85 bits per heavy atom. The average Bonchev–Trinajstić information content (AvgIpc) is 2.41. The molecule has 1 rings (SSSR count). The van der Waals surface area contributed by atoms with Crippen LogP contribution in [0.2, 0.25) is 0 Å². The minimum absolute atomic E-state index is 0.410. The van der Waals surface area contributed by atoms with Crippen LogP contribution in [0.3, 0.4) is 0 Å². The van der Waals surface area contributed by atoms with Gasteiger partial charge in [0.15, 0.2) is 6.61 Å². The van der Waals surface area contributed by atoms with Crippen molar-refractivity contribution >= 4 is 18.0 Å². The Morgan fingerprint density at radius 3 is 2.35 bits per heavy atom. The first-order valence-corrected chi connectivity index (χ1v) is 5.55. The highest BCUT2D eigenvalue weighted by Gasteiger charge is 2.29. The number of amides is 1. The normalized spacial score (nSPS) is 11.4. The maximum absolute atomic E-state index is 12.3. The highest BCUT2D eigenvalue weighted by Crippen LogP contribution is 2.29. The molecule has 0 atom stereocenters. The van der Waals surface area contributed by atoms with Crippen molar-refractivity contribution in [2.45, 2.75) is 6.18 Å². The number of hydrogen-bond donors (Lipinski definition) is 1. The Kier molecular flexibility index (Phi) is 5.31. The fraction of sp³-hybridized carbons (Fsp3) is 0.231. The van der Waals surface area contributed by atoms with Gasteiger partial charge in [-0.1, -0.05) is 12.1 Å². The van der Waals surface area contributed by atoms with E-state index in [0.29, 0.717) is 5.56 Å². The zero-order valence-corrected chi connectivity index (χ0v) is 10.5. The number of benzene rings is 1. The van der Waals surface area contributed by atoms with Gasteiger partial charge in [0.25, 0.3) is 5.91 Å². The fourth-order valence-electron chi connectivity index (χ4n) is 1.20. The molecular weight excluding hydrogens is 275 g/mol. The van der Waals surface area contributed by atoms with Crippen molar-refractivity contribution in [2.75, 3.05) is 13.7 Å². The van der Waals surface area contributed by atoms with Crippen LogP contribution in [0, 0.1) is 0 Å². The number of ether oxygens (including phenoxy) is 1. The Labute approximate surface area is 113 Å². The average molecular weight is 287 g/mol. The summed E-state index contributed by atoms with van der Waals surface area (Å²) in [6.45, 7) is -0.410. The van der Waals surface area contributed by atoms with Crippen molar-refractivity contribution in [3.8, 4) is 0 Å². The SMILES string of the molecule is CNC(=O)COC(=O)/C=C/c1ccc(C(F)(F)F)cc1. The summed E-state index contributed by atoms with van der Waals surface area (Å²) in [4.78, 5) is 22.0. The molecule has 7 heteroatoms. The number of carbonyl (C=O) groups excluding carboxylic acids is 2. The van der Waals surface area contributed by atoms with Crippen molar-refractivity contribution in [1.82, 2.24) is 5.32 Å². The van der Waals surface area contributed by atoms with Crippen LogP contribution in [0.4, 0.5) is 13.2 Å². The van der Waals surface area contributed by atoms with E-state index in [1.807, 2.05) is 0 Å². The third-order valence-electron chi connectivity index (χ3n) is 2.27. The predicted molar refractivity (Wildman–Crippen MR) is 65.5 cm³/mol. The van der Waals surface area contributed by atoms with Gasteiger partial charge in [-0.2, -0.15) is 13.2 Å². The van der Waals surface area contributed by atoms with E-state index in [9.17, 15) is 22.8 Å². The zero-order valence-electron chi connectivity index (χ0n) is 10.5. The molecule has 20 heavy (non-hydrogen) atoms. The maximum atomic E-state index is 12.3. The Morgan fingerprint density at radius 1 is 1.25 bits per heavy atom. The van der Waals surface area contributed by atoms with E-state index >= 15 is 0 Å². The van der Waals surface area contributed by atoms with Gasteiger partial charge in [0.05, 0.1) is 5.56 Å². The molecule has 0 aliphatic heterocycles. The molecule has 0 aliphatic rings. The van der Waals surface area contributed by atoms with E-state index in [2.05, 4.69) is 10.1 Å². The van der Waals surface area contributed by atoms with Gasteiger partial charge in [0.2, 0.25) is 0 Å². The van der Waals surface area contributed by atoms with E-state index in [4.69, 9.17) is 0 Å². The molecule has 0 aliphatic carbocycles. The lowest BCUT2D eigenvalue weighted by atomic mass is 10.1. The van der Waals surface area contributed by atoms with E-state index in [1.54, 1.807) is 0 Å². The molecule has 108 valence electrons. The van der Waals surface area contributed by atoms with Gasteiger partial charge >= 0.3 is 12.1 Å². The molecule has 0 saturated carbocycles. The van der Waals surface area contributed by atoms with E-state index in [1.165, 1.54) is 25.3 Å². The monoisotopic (exact) mass is 287 g/mol. The first-order chi connectivity index (χ1) is 9.32. The van der Waals surface area contributed by atoms with Gasteiger partial charge in [0, 0.05) is 13.1 Å². The van der Waals surface area contributed by atoms with Crippen LogP contribution in [0.25, 0.3) is 6.08 Å². The molecule has 4 nitrogen and oxygen atoms in total. The van der Waals surface area contributed by atoms with E-state index < -0.39 is 30.2 Å². The van der Waals surface area contributed by atoms with Crippen LogP contribution in [0.5, 0.6) is 0 Å². The van der Waals surface area contributed by atoms with Gasteiger partial charge in [-0.25, -0.2) is 4.79 Å². The van der Waals surface area contributed by atoms with Crippen LogP contribution in [0.1, 0.15) is 11.1 Å². The molecule has 0 aromatic heterocycles. The van der Waals surface area contributed by atoms with Gasteiger partial charge < -0.3 is 10.1 Å². The van der Waals surface area contributed by atoms with Crippen LogP contribution in [-0.2, 0) is 20.5 Å². The molecule has 0 unspecified atom stereocenters. The summed E-state index contributed by atoms with van der Waals surface area (Å²) >= 11 is 0. The molecule has 1 N–H and O–H groups in total. The highest BCUT2D eigenvalue weighted by atomic mass is 19.4. The third kappa shape index (κ3) is 5.13. The van der Waals surface area contributed by atoms with Crippen LogP contribution in [0.15, 0.2) is 30.3 Å². The first-order valence-electron chi connectivity index (χ1n) is 5.55. The second-order valence-corrected chi connectivity index (χ2v) is 3.73. The molecule has 0 spiro atoms. The summed E-state index contributed by atoms with van der Waals surface area (Å²) in [5.41, 5.74) is -0.355. The molecule has 0 heterocycles. The number of rotatable bonds is 4. The first kappa shape index (κ1) is 15.7.